The van der Waals surface area contributed by atoms with Crippen molar-refractivity contribution in [3.63, 3.8) is 0 Å². The van der Waals surface area contributed by atoms with E-state index in [0.717, 1.165) is 36.3 Å². The fourth-order valence-corrected chi connectivity index (χ4v) is 3.72. The zero-order valence-electron chi connectivity index (χ0n) is 16.1. The van der Waals surface area contributed by atoms with Crippen LogP contribution < -0.4 is 10.1 Å². The molecule has 0 amide bonds. The number of alkyl halides is 1. The molecule has 28 heavy (non-hydrogen) atoms. The van der Waals surface area contributed by atoms with Crippen LogP contribution in [0.4, 0.5) is 16.0 Å². The number of ether oxygens (including phenoxy) is 1. The second-order valence-electron chi connectivity index (χ2n) is 7.86. The van der Waals surface area contributed by atoms with E-state index in [1.165, 1.54) is 11.1 Å². The molecule has 0 bridgehead atoms. The standard InChI is InChI=1S/C20H23FN6O/c1-26-6-3-13-8-17(28-2)16(7-14(13)11-26)24-19-22-9-15-10-23-27(18(15)25-19)12-20(21)4-5-20/h7-10H,3-6,11-12H2,1-2H3,(H,22,24,25). The number of nitrogens with zero attached hydrogens (tertiary/aromatic N) is 5. The van der Waals surface area contributed by atoms with Gasteiger partial charge in [0.15, 0.2) is 5.65 Å². The summed E-state index contributed by atoms with van der Waals surface area (Å²) in [4.78, 5) is 11.3. The summed E-state index contributed by atoms with van der Waals surface area (Å²) in [7, 11) is 3.79. The summed E-state index contributed by atoms with van der Waals surface area (Å²) in [5.74, 6) is 1.21. The van der Waals surface area contributed by atoms with Crippen LogP contribution in [0.1, 0.15) is 24.0 Å². The molecule has 7 nitrogen and oxygen atoms in total. The molecule has 0 unspecified atom stereocenters. The Bertz CT molecular complexity index is 1040. The molecule has 1 fully saturated rings. The first-order valence-corrected chi connectivity index (χ1v) is 9.56. The fourth-order valence-electron chi connectivity index (χ4n) is 3.72. The molecule has 3 aromatic rings. The highest BCUT2D eigenvalue weighted by molar-refractivity contribution is 5.76. The average Bonchev–Trinajstić information content (AvgIpc) is 3.29. The third-order valence-corrected chi connectivity index (χ3v) is 5.57. The predicted molar refractivity (Wildman–Crippen MR) is 105 cm³/mol. The van der Waals surface area contributed by atoms with Gasteiger partial charge in [0.1, 0.15) is 11.4 Å². The van der Waals surface area contributed by atoms with Gasteiger partial charge in [0.05, 0.1) is 30.9 Å². The normalized spacial score (nSPS) is 18.1. The van der Waals surface area contributed by atoms with E-state index < -0.39 is 5.67 Å². The minimum absolute atomic E-state index is 0.238. The quantitative estimate of drug-likeness (QED) is 0.732. The van der Waals surface area contributed by atoms with E-state index in [1.807, 2.05) is 0 Å². The monoisotopic (exact) mass is 382 g/mol. The third-order valence-electron chi connectivity index (χ3n) is 5.57. The van der Waals surface area contributed by atoms with Crippen molar-refractivity contribution < 1.29 is 9.13 Å². The summed E-state index contributed by atoms with van der Waals surface area (Å²) in [5.41, 5.74) is 2.92. The molecule has 146 valence electrons. The van der Waals surface area contributed by atoms with Crippen molar-refractivity contribution in [2.24, 2.45) is 0 Å². The summed E-state index contributed by atoms with van der Waals surface area (Å²) in [6, 6.07) is 4.20. The zero-order valence-corrected chi connectivity index (χ0v) is 16.1. The molecule has 0 spiro atoms. The van der Waals surface area contributed by atoms with E-state index in [4.69, 9.17) is 4.74 Å². The molecule has 1 aromatic carbocycles. The number of likely N-dealkylation sites (N-methyl/N-ethyl adjacent to an activating group) is 1. The minimum Gasteiger partial charge on any atom is -0.495 e. The van der Waals surface area contributed by atoms with Crippen LogP contribution in [0.25, 0.3) is 11.0 Å². The molecule has 1 aliphatic carbocycles. The maximum atomic E-state index is 14.2. The molecule has 0 atom stereocenters. The van der Waals surface area contributed by atoms with Crippen LogP contribution in [0.15, 0.2) is 24.5 Å². The number of nitrogens with one attached hydrogen (secondary N) is 1. The highest BCUT2D eigenvalue weighted by Gasteiger charge is 2.44. The van der Waals surface area contributed by atoms with Crippen LogP contribution in [0, 0.1) is 0 Å². The van der Waals surface area contributed by atoms with Crippen LogP contribution in [-0.4, -0.2) is 51.0 Å². The fraction of sp³-hybridized carbons (Fsp3) is 0.450. The van der Waals surface area contributed by atoms with Gasteiger partial charge in [-0.3, -0.25) is 0 Å². The van der Waals surface area contributed by atoms with Gasteiger partial charge in [-0.1, -0.05) is 0 Å². The van der Waals surface area contributed by atoms with Crippen molar-refractivity contribution in [1.29, 1.82) is 0 Å². The Balaban J connectivity index is 1.47. The van der Waals surface area contributed by atoms with Gasteiger partial charge in [-0.2, -0.15) is 10.1 Å². The van der Waals surface area contributed by atoms with Crippen LogP contribution >= 0.6 is 0 Å². The first kappa shape index (κ1) is 17.4. The van der Waals surface area contributed by atoms with Gasteiger partial charge in [-0.25, -0.2) is 14.1 Å². The van der Waals surface area contributed by atoms with Crippen molar-refractivity contribution in [3.05, 3.63) is 35.7 Å². The number of rotatable bonds is 5. The topological polar surface area (TPSA) is 68.1 Å². The van der Waals surface area contributed by atoms with Crippen molar-refractivity contribution in [2.45, 2.75) is 38.0 Å². The SMILES string of the molecule is COc1cc2c(cc1Nc1ncc3cnn(CC4(F)CC4)c3n1)CN(C)CC2. The van der Waals surface area contributed by atoms with Crippen LogP contribution in [0.5, 0.6) is 5.75 Å². The van der Waals surface area contributed by atoms with E-state index in [1.54, 1.807) is 24.2 Å². The lowest BCUT2D eigenvalue weighted by Crippen LogP contribution is -2.26. The first-order valence-electron chi connectivity index (χ1n) is 9.56. The summed E-state index contributed by atoms with van der Waals surface area (Å²) in [6.45, 7) is 2.18. The summed E-state index contributed by atoms with van der Waals surface area (Å²) < 4.78 is 21.4. The Morgan fingerprint density at radius 3 is 2.89 bits per heavy atom. The molecule has 0 saturated heterocycles. The summed E-state index contributed by atoms with van der Waals surface area (Å²) in [6.07, 6.45) is 5.58. The van der Waals surface area contributed by atoms with Gasteiger partial charge in [0.2, 0.25) is 5.95 Å². The largest absolute Gasteiger partial charge is 0.495 e. The van der Waals surface area contributed by atoms with E-state index in [0.29, 0.717) is 24.4 Å². The smallest absolute Gasteiger partial charge is 0.229 e. The molecule has 2 aromatic heterocycles. The number of methoxy groups -OCH3 is 1. The second-order valence-corrected chi connectivity index (χ2v) is 7.86. The molecule has 1 N–H and O–H groups in total. The van der Waals surface area contributed by atoms with Gasteiger partial charge in [0, 0.05) is 19.3 Å². The Hall–Kier alpha value is -2.74. The second kappa shape index (κ2) is 6.41. The van der Waals surface area contributed by atoms with Crippen molar-refractivity contribution in [1.82, 2.24) is 24.6 Å². The lowest BCUT2D eigenvalue weighted by Gasteiger charge is -2.26. The van der Waals surface area contributed by atoms with Crippen LogP contribution in [-0.2, 0) is 19.5 Å². The van der Waals surface area contributed by atoms with E-state index in [-0.39, 0.29) is 6.54 Å². The van der Waals surface area contributed by atoms with E-state index >= 15 is 0 Å². The van der Waals surface area contributed by atoms with Gasteiger partial charge in [0.25, 0.3) is 0 Å². The highest BCUT2D eigenvalue weighted by Crippen LogP contribution is 2.41. The maximum absolute atomic E-state index is 14.2. The lowest BCUT2D eigenvalue weighted by molar-refractivity contribution is 0.264. The molecule has 5 rings (SSSR count). The molecular formula is C20H23FN6O. The van der Waals surface area contributed by atoms with Crippen molar-refractivity contribution >= 4 is 22.7 Å². The van der Waals surface area contributed by atoms with Crippen LogP contribution in [0.3, 0.4) is 0 Å². The molecule has 1 saturated carbocycles. The Kier molecular flexibility index (Phi) is 3.97. The molecule has 3 heterocycles. The highest BCUT2D eigenvalue weighted by atomic mass is 19.1. The molecular weight excluding hydrogens is 359 g/mol. The maximum Gasteiger partial charge on any atom is 0.229 e. The number of benzene rings is 1. The third kappa shape index (κ3) is 3.17. The first-order chi connectivity index (χ1) is 13.5. The Morgan fingerprint density at radius 1 is 1.25 bits per heavy atom. The Morgan fingerprint density at radius 2 is 2.11 bits per heavy atom. The lowest BCUT2D eigenvalue weighted by atomic mass is 9.99. The number of halogens is 1. The molecule has 8 heteroatoms. The van der Waals surface area contributed by atoms with E-state index in [2.05, 4.69) is 44.5 Å². The minimum atomic E-state index is -1.13. The number of fused-ring (bicyclic) bond motifs is 2. The van der Waals surface area contributed by atoms with Crippen molar-refractivity contribution in [3.8, 4) is 5.75 Å². The number of aromatic nitrogens is 4. The zero-order chi connectivity index (χ0) is 19.3. The Labute approximate surface area is 162 Å². The van der Waals surface area contributed by atoms with E-state index in [9.17, 15) is 4.39 Å². The number of hydrogen-bond acceptors (Lipinski definition) is 6. The number of hydrogen-bond donors (Lipinski definition) is 1. The number of anilines is 2. The van der Waals surface area contributed by atoms with Crippen molar-refractivity contribution in [2.75, 3.05) is 26.0 Å². The van der Waals surface area contributed by atoms with Gasteiger partial charge < -0.3 is 15.0 Å². The molecule has 1 aliphatic heterocycles. The summed E-state index contributed by atoms with van der Waals surface area (Å²) >= 11 is 0. The average molecular weight is 382 g/mol. The molecule has 0 radical (unpaired) electrons. The predicted octanol–water partition coefficient (Wildman–Crippen LogP) is 3.07. The molecule has 2 aliphatic rings. The van der Waals surface area contributed by atoms with Crippen LogP contribution in [0.2, 0.25) is 0 Å². The van der Waals surface area contributed by atoms with Gasteiger partial charge in [-0.15, -0.1) is 0 Å². The van der Waals surface area contributed by atoms with Gasteiger partial charge in [-0.05, 0) is 49.6 Å². The summed E-state index contributed by atoms with van der Waals surface area (Å²) in [5, 5.41) is 8.36. The van der Waals surface area contributed by atoms with Gasteiger partial charge >= 0.3 is 0 Å².